The zero-order valence-electron chi connectivity index (χ0n) is 14.1. The molecule has 1 amide bonds. The molecule has 0 aromatic heterocycles. The minimum absolute atomic E-state index is 0.0774. The quantitative estimate of drug-likeness (QED) is 0.469. The molecule has 0 aliphatic rings. The van der Waals surface area contributed by atoms with Crippen LogP contribution in [0, 0.1) is 22.7 Å². The molecule has 0 saturated heterocycles. The molecule has 0 radical (unpaired) electrons. The first-order valence-electron chi connectivity index (χ1n) is 7.54. The lowest BCUT2D eigenvalue weighted by Crippen LogP contribution is -2.13. The molecule has 0 fully saturated rings. The van der Waals surface area contributed by atoms with Crippen molar-refractivity contribution in [3.05, 3.63) is 56.5 Å². The van der Waals surface area contributed by atoms with E-state index in [9.17, 15) is 10.1 Å². The van der Waals surface area contributed by atoms with Crippen molar-refractivity contribution in [2.24, 2.45) is 0 Å². The topological polar surface area (TPSA) is 95.1 Å². The van der Waals surface area contributed by atoms with Crippen molar-refractivity contribution < 1.29 is 14.3 Å². The predicted molar refractivity (Wildman–Crippen MR) is 108 cm³/mol. The van der Waals surface area contributed by atoms with Crippen LogP contribution in [0.1, 0.15) is 5.56 Å². The second kappa shape index (κ2) is 9.77. The number of rotatable bonds is 6. The van der Waals surface area contributed by atoms with E-state index in [0.717, 1.165) is 4.47 Å². The number of methoxy groups -OCH3 is 1. The predicted octanol–water partition coefficient (Wildman–Crippen LogP) is 4.67. The van der Waals surface area contributed by atoms with Crippen molar-refractivity contribution in [1.82, 2.24) is 0 Å². The summed E-state index contributed by atoms with van der Waals surface area (Å²) in [6.45, 7) is -0.128. The molecular formula is C19H13Br2N3O3. The molecule has 0 aliphatic carbocycles. The van der Waals surface area contributed by atoms with Crippen molar-refractivity contribution in [1.29, 1.82) is 10.5 Å². The summed E-state index contributed by atoms with van der Waals surface area (Å²) in [6, 6.07) is 14.0. The maximum atomic E-state index is 12.4. The molecule has 1 N–H and O–H groups in total. The Bertz CT molecular complexity index is 958. The highest BCUT2D eigenvalue weighted by molar-refractivity contribution is 9.10. The molecule has 0 atom stereocenters. The summed E-state index contributed by atoms with van der Waals surface area (Å²) in [5.41, 5.74) is 1.05. The van der Waals surface area contributed by atoms with Gasteiger partial charge in [-0.3, -0.25) is 4.79 Å². The molecule has 2 rings (SSSR count). The van der Waals surface area contributed by atoms with E-state index in [1.165, 1.54) is 13.2 Å². The summed E-state index contributed by atoms with van der Waals surface area (Å²) in [5, 5.41) is 20.7. The molecule has 0 bridgehead atoms. The lowest BCUT2D eigenvalue weighted by atomic mass is 10.1. The monoisotopic (exact) mass is 489 g/mol. The van der Waals surface area contributed by atoms with E-state index in [4.69, 9.17) is 14.7 Å². The summed E-state index contributed by atoms with van der Waals surface area (Å²) in [5.74, 6) is 0.224. The van der Waals surface area contributed by atoms with Crippen LogP contribution in [-0.4, -0.2) is 19.6 Å². The molecule has 27 heavy (non-hydrogen) atoms. The van der Waals surface area contributed by atoms with Crippen LogP contribution < -0.4 is 14.8 Å². The highest BCUT2D eigenvalue weighted by Gasteiger charge is 2.14. The summed E-state index contributed by atoms with van der Waals surface area (Å²) >= 11 is 6.69. The Labute approximate surface area is 173 Å². The SMILES string of the molecule is COc1cc(/C=C(/C#N)C(=O)Nc2ccc(Br)cc2)c(Br)cc1OCC#N. The van der Waals surface area contributed by atoms with Crippen LogP contribution in [0.3, 0.4) is 0 Å². The zero-order valence-corrected chi connectivity index (χ0v) is 17.3. The number of nitrogens with zero attached hydrogens (tertiary/aromatic N) is 2. The van der Waals surface area contributed by atoms with Gasteiger partial charge in [0.1, 0.15) is 17.7 Å². The number of halogens is 2. The van der Waals surface area contributed by atoms with Crippen molar-refractivity contribution in [3.8, 4) is 23.6 Å². The van der Waals surface area contributed by atoms with Crippen molar-refractivity contribution in [2.45, 2.75) is 0 Å². The highest BCUT2D eigenvalue weighted by atomic mass is 79.9. The minimum atomic E-state index is -0.532. The van der Waals surface area contributed by atoms with Gasteiger partial charge >= 0.3 is 0 Å². The van der Waals surface area contributed by atoms with E-state index in [2.05, 4.69) is 37.2 Å². The smallest absolute Gasteiger partial charge is 0.266 e. The van der Waals surface area contributed by atoms with Gasteiger partial charge in [0, 0.05) is 14.6 Å². The van der Waals surface area contributed by atoms with Gasteiger partial charge in [-0.25, -0.2) is 0 Å². The number of nitrogens with one attached hydrogen (secondary N) is 1. The minimum Gasteiger partial charge on any atom is -0.493 e. The van der Waals surface area contributed by atoms with Crippen LogP contribution in [0.2, 0.25) is 0 Å². The van der Waals surface area contributed by atoms with E-state index >= 15 is 0 Å². The molecule has 8 heteroatoms. The Morgan fingerprint density at radius 2 is 1.89 bits per heavy atom. The molecule has 2 aromatic carbocycles. The maximum absolute atomic E-state index is 12.4. The van der Waals surface area contributed by atoms with Crippen LogP contribution in [0.4, 0.5) is 5.69 Å². The van der Waals surface area contributed by atoms with E-state index in [1.807, 2.05) is 12.1 Å². The van der Waals surface area contributed by atoms with Gasteiger partial charge in [-0.1, -0.05) is 31.9 Å². The normalized spacial score (nSPS) is 10.5. The second-order valence-electron chi connectivity index (χ2n) is 5.10. The summed E-state index contributed by atoms with van der Waals surface area (Å²) in [6.07, 6.45) is 1.44. The Morgan fingerprint density at radius 3 is 2.48 bits per heavy atom. The number of anilines is 1. The molecule has 6 nitrogen and oxygen atoms in total. The number of carbonyl (C=O) groups excluding carboxylic acids is 1. The molecule has 0 unspecified atom stereocenters. The van der Waals surface area contributed by atoms with Crippen LogP contribution >= 0.6 is 31.9 Å². The number of hydrogen-bond acceptors (Lipinski definition) is 5. The summed E-state index contributed by atoms with van der Waals surface area (Å²) in [7, 11) is 1.46. The third-order valence-electron chi connectivity index (χ3n) is 3.34. The van der Waals surface area contributed by atoms with Gasteiger partial charge in [-0.05, 0) is 48.0 Å². The van der Waals surface area contributed by atoms with E-state index in [0.29, 0.717) is 27.2 Å². The Hall–Kier alpha value is -2.81. The number of amides is 1. The molecule has 0 saturated carbocycles. The molecule has 136 valence electrons. The molecule has 2 aromatic rings. The first-order valence-corrected chi connectivity index (χ1v) is 9.13. The van der Waals surface area contributed by atoms with Crippen LogP contribution in [0.5, 0.6) is 11.5 Å². The van der Waals surface area contributed by atoms with E-state index in [-0.39, 0.29) is 12.2 Å². The molecular weight excluding hydrogens is 478 g/mol. The summed E-state index contributed by atoms with van der Waals surface area (Å²) < 4.78 is 12.0. The van der Waals surface area contributed by atoms with Crippen molar-refractivity contribution in [2.75, 3.05) is 19.0 Å². The van der Waals surface area contributed by atoms with Gasteiger partial charge in [0.25, 0.3) is 5.91 Å². The maximum Gasteiger partial charge on any atom is 0.266 e. The van der Waals surface area contributed by atoms with Gasteiger partial charge in [-0.15, -0.1) is 0 Å². The average molecular weight is 491 g/mol. The molecule has 0 heterocycles. The van der Waals surface area contributed by atoms with Crippen molar-refractivity contribution in [3.63, 3.8) is 0 Å². The lowest BCUT2D eigenvalue weighted by molar-refractivity contribution is -0.112. The fourth-order valence-corrected chi connectivity index (χ4v) is 2.78. The fourth-order valence-electron chi connectivity index (χ4n) is 2.08. The van der Waals surface area contributed by atoms with Crippen LogP contribution in [0.15, 0.2) is 50.9 Å². The van der Waals surface area contributed by atoms with E-state index in [1.54, 1.807) is 36.4 Å². The Balaban J connectivity index is 2.30. The van der Waals surface area contributed by atoms with Crippen LogP contribution in [0.25, 0.3) is 6.08 Å². The van der Waals surface area contributed by atoms with Crippen molar-refractivity contribution >= 4 is 49.5 Å². The standard InChI is InChI=1S/C19H13Br2N3O3/c1-26-17-9-12(16(21)10-18(17)27-7-6-22)8-13(11-23)19(25)24-15-4-2-14(20)3-5-15/h2-5,8-10H,7H2,1H3,(H,24,25)/b13-8-. The third-order valence-corrected chi connectivity index (χ3v) is 4.56. The average Bonchev–Trinajstić information content (AvgIpc) is 2.67. The third kappa shape index (κ3) is 5.58. The van der Waals surface area contributed by atoms with E-state index < -0.39 is 5.91 Å². The number of carbonyl (C=O) groups is 1. The highest BCUT2D eigenvalue weighted by Crippen LogP contribution is 2.34. The molecule has 0 spiro atoms. The fraction of sp³-hybridized carbons (Fsp3) is 0.105. The first kappa shape index (κ1) is 20.5. The Kier molecular flexibility index (Phi) is 7.42. The van der Waals surface area contributed by atoms with Gasteiger partial charge in [-0.2, -0.15) is 10.5 Å². The zero-order chi connectivity index (χ0) is 19.8. The van der Waals surface area contributed by atoms with Crippen LogP contribution in [-0.2, 0) is 4.79 Å². The van der Waals surface area contributed by atoms with Gasteiger partial charge in [0.05, 0.1) is 7.11 Å². The first-order chi connectivity index (χ1) is 13.0. The summed E-state index contributed by atoms with van der Waals surface area (Å²) in [4.78, 5) is 12.4. The van der Waals surface area contributed by atoms with Gasteiger partial charge < -0.3 is 14.8 Å². The number of hydrogen-bond donors (Lipinski definition) is 1. The Morgan fingerprint density at radius 1 is 1.19 bits per heavy atom. The van der Waals surface area contributed by atoms with Gasteiger partial charge in [0.2, 0.25) is 0 Å². The number of ether oxygens (including phenoxy) is 2. The van der Waals surface area contributed by atoms with Gasteiger partial charge in [0.15, 0.2) is 18.1 Å². The number of nitriles is 2. The largest absolute Gasteiger partial charge is 0.493 e. The number of benzene rings is 2. The lowest BCUT2D eigenvalue weighted by Gasteiger charge is -2.11. The molecule has 0 aliphatic heterocycles. The second-order valence-corrected chi connectivity index (χ2v) is 6.87.